The highest BCUT2D eigenvalue weighted by molar-refractivity contribution is 5.94. The van der Waals surface area contributed by atoms with Crippen molar-refractivity contribution < 1.29 is 24.2 Å². The molecule has 4 aromatic rings. The van der Waals surface area contributed by atoms with E-state index in [0.29, 0.717) is 30.0 Å². The Balaban J connectivity index is 1.31. The molecular formula is C25H22FN5O5. The lowest BCUT2D eigenvalue weighted by molar-refractivity contribution is -0.0299. The molecule has 0 atom stereocenters. The Labute approximate surface area is 203 Å². The number of aliphatic hydroxyl groups is 1. The lowest BCUT2D eigenvalue weighted by Gasteiger charge is -2.38. The zero-order valence-corrected chi connectivity index (χ0v) is 19.0. The van der Waals surface area contributed by atoms with E-state index in [-0.39, 0.29) is 41.8 Å². The van der Waals surface area contributed by atoms with Crippen LogP contribution < -0.4 is 5.56 Å². The molecule has 0 radical (unpaired) electrons. The van der Waals surface area contributed by atoms with Crippen molar-refractivity contribution in [2.24, 2.45) is 0 Å². The third-order valence-corrected chi connectivity index (χ3v) is 6.45. The topological polar surface area (TPSA) is 131 Å². The number of hydrogen-bond donors (Lipinski definition) is 2. The molecule has 2 aromatic heterocycles. The van der Waals surface area contributed by atoms with Crippen LogP contribution in [0, 0.1) is 5.82 Å². The highest BCUT2D eigenvalue weighted by Gasteiger charge is 2.35. The van der Waals surface area contributed by atoms with Gasteiger partial charge in [-0.15, -0.1) is 0 Å². The molecule has 0 bridgehead atoms. The molecule has 2 N–H and O–H groups in total. The van der Waals surface area contributed by atoms with E-state index < -0.39 is 17.4 Å². The number of carboxylic acids is 1. The summed E-state index contributed by atoms with van der Waals surface area (Å²) in [6.07, 6.45) is 3.27. The molecule has 36 heavy (non-hydrogen) atoms. The van der Waals surface area contributed by atoms with Crippen LogP contribution in [0.15, 0.2) is 65.8 Å². The minimum absolute atomic E-state index is 0.00579. The SMILES string of the molecule is O=C(O)c1ccc(-n2ncc3c(=O)n(CC4(O)CCN(C(=O)c5ccc(F)cc5)CC4)cnc32)cc1. The van der Waals surface area contributed by atoms with Crippen molar-refractivity contribution in [3.63, 3.8) is 0 Å². The monoisotopic (exact) mass is 491 g/mol. The molecule has 2 aromatic carbocycles. The zero-order valence-electron chi connectivity index (χ0n) is 19.0. The zero-order chi connectivity index (χ0) is 25.4. The van der Waals surface area contributed by atoms with Crippen LogP contribution in [0.4, 0.5) is 4.39 Å². The highest BCUT2D eigenvalue weighted by Crippen LogP contribution is 2.25. The fourth-order valence-electron chi connectivity index (χ4n) is 4.37. The van der Waals surface area contributed by atoms with Crippen molar-refractivity contribution in [2.45, 2.75) is 25.0 Å². The summed E-state index contributed by atoms with van der Waals surface area (Å²) < 4.78 is 15.9. The number of amides is 1. The van der Waals surface area contributed by atoms with Crippen LogP contribution in [0.25, 0.3) is 16.7 Å². The van der Waals surface area contributed by atoms with Gasteiger partial charge in [0.05, 0.1) is 29.6 Å². The van der Waals surface area contributed by atoms with E-state index in [4.69, 9.17) is 5.11 Å². The van der Waals surface area contributed by atoms with Gasteiger partial charge in [-0.1, -0.05) is 0 Å². The maximum atomic E-state index is 13.1. The predicted octanol–water partition coefficient (Wildman–Crippen LogP) is 2.09. The van der Waals surface area contributed by atoms with Crippen molar-refractivity contribution in [3.05, 3.63) is 88.4 Å². The van der Waals surface area contributed by atoms with E-state index in [2.05, 4.69) is 10.1 Å². The summed E-state index contributed by atoms with van der Waals surface area (Å²) in [4.78, 5) is 42.8. The summed E-state index contributed by atoms with van der Waals surface area (Å²) in [6.45, 7) is 0.592. The molecule has 184 valence electrons. The summed E-state index contributed by atoms with van der Waals surface area (Å²) in [5, 5.41) is 24.7. The van der Waals surface area contributed by atoms with Gasteiger partial charge >= 0.3 is 5.97 Å². The molecule has 1 amide bonds. The van der Waals surface area contributed by atoms with E-state index in [1.807, 2.05) is 0 Å². The van der Waals surface area contributed by atoms with E-state index in [1.165, 1.54) is 58.2 Å². The van der Waals surface area contributed by atoms with Crippen LogP contribution in [0.5, 0.6) is 0 Å². The van der Waals surface area contributed by atoms with Crippen LogP contribution >= 0.6 is 0 Å². The Morgan fingerprint density at radius 2 is 1.64 bits per heavy atom. The number of carboxylic acid groups (broad SMARTS) is 1. The summed E-state index contributed by atoms with van der Waals surface area (Å²) in [6, 6.07) is 11.4. The third-order valence-electron chi connectivity index (χ3n) is 6.45. The second-order valence-corrected chi connectivity index (χ2v) is 8.85. The number of aromatic nitrogens is 4. The normalized spacial score (nSPS) is 15.2. The maximum absolute atomic E-state index is 13.1. The number of hydrogen-bond acceptors (Lipinski definition) is 6. The average Bonchev–Trinajstić information content (AvgIpc) is 3.31. The Morgan fingerprint density at radius 1 is 1.00 bits per heavy atom. The molecule has 0 aliphatic carbocycles. The molecular weight excluding hydrogens is 469 g/mol. The van der Waals surface area contributed by atoms with Gasteiger partial charge in [-0.2, -0.15) is 5.10 Å². The molecule has 0 saturated carbocycles. The summed E-state index contributed by atoms with van der Waals surface area (Å²) in [5.74, 6) is -1.70. The molecule has 0 spiro atoms. The molecule has 11 heteroatoms. The fourth-order valence-corrected chi connectivity index (χ4v) is 4.37. The van der Waals surface area contributed by atoms with Gasteiger partial charge in [0.2, 0.25) is 0 Å². The van der Waals surface area contributed by atoms with Gasteiger partial charge in [0.15, 0.2) is 5.65 Å². The molecule has 10 nitrogen and oxygen atoms in total. The lowest BCUT2D eigenvalue weighted by atomic mass is 9.91. The number of carbonyl (C=O) groups is 2. The molecule has 1 saturated heterocycles. The van der Waals surface area contributed by atoms with Crippen LogP contribution in [0.3, 0.4) is 0 Å². The van der Waals surface area contributed by atoms with Crippen LogP contribution in [-0.4, -0.2) is 65.0 Å². The van der Waals surface area contributed by atoms with E-state index >= 15 is 0 Å². The Kier molecular flexibility index (Phi) is 5.84. The third kappa shape index (κ3) is 4.36. The van der Waals surface area contributed by atoms with Gasteiger partial charge < -0.3 is 15.1 Å². The summed E-state index contributed by atoms with van der Waals surface area (Å²) in [5.41, 5.74) is -0.206. The van der Waals surface area contributed by atoms with Crippen LogP contribution in [0.2, 0.25) is 0 Å². The number of benzene rings is 2. The lowest BCUT2D eigenvalue weighted by Crippen LogP contribution is -2.49. The first-order chi connectivity index (χ1) is 17.2. The van der Waals surface area contributed by atoms with E-state index in [9.17, 15) is 23.9 Å². The maximum Gasteiger partial charge on any atom is 0.335 e. The number of piperidine rings is 1. The largest absolute Gasteiger partial charge is 0.478 e. The van der Waals surface area contributed by atoms with Crippen molar-refractivity contribution >= 4 is 22.9 Å². The Morgan fingerprint density at radius 3 is 2.28 bits per heavy atom. The highest BCUT2D eigenvalue weighted by atomic mass is 19.1. The first-order valence-corrected chi connectivity index (χ1v) is 11.3. The van der Waals surface area contributed by atoms with E-state index in [1.54, 1.807) is 17.0 Å². The molecule has 5 rings (SSSR count). The Hall–Kier alpha value is -4.38. The molecule has 1 aliphatic heterocycles. The first kappa shape index (κ1) is 23.4. The van der Waals surface area contributed by atoms with Gasteiger partial charge in [0, 0.05) is 18.7 Å². The fraction of sp³-hybridized carbons (Fsp3) is 0.240. The molecule has 1 aliphatic rings. The smallest absolute Gasteiger partial charge is 0.335 e. The predicted molar refractivity (Wildman–Crippen MR) is 127 cm³/mol. The number of fused-ring (bicyclic) bond motifs is 1. The number of halogens is 1. The summed E-state index contributed by atoms with van der Waals surface area (Å²) >= 11 is 0. The van der Waals surface area contributed by atoms with Crippen LogP contribution in [-0.2, 0) is 6.54 Å². The minimum Gasteiger partial charge on any atom is -0.478 e. The van der Waals surface area contributed by atoms with Gasteiger partial charge in [-0.25, -0.2) is 18.9 Å². The average molecular weight is 491 g/mol. The number of likely N-dealkylation sites (tertiary alicyclic amines) is 1. The van der Waals surface area contributed by atoms with Crippen molar-refractivity contribution in [2.75, 3.05) is 13.1 Å². The molecule has 3 heterocycles. The second kappa shape index (κ2) is 9.00. The van der Waals surface area contributed by atoms with Crippen LogP contribution in [0.1, 0.15) is 33.6 Å². The number of aromatic carboxylic acids is 1. The standard InChI is InChI=1S/C25H22FN5O5/c26-18-5-1-16(2-6-18)22(32)29-11-9-25(36,10-12-29)14-30-15-27-21-20(23(30)33)13-28-31(21)19-7-3-17(4-8-19)24(34)35/h1-8,13,15,36H,9-12,14H2,(H,34,35). The summed E-state index contributed by atoms with van der Waals surface area (Å²) in [7, 11) is 0. The Bertz CT molecular complexity index is 1500. The van der Waals surface area contributed by atoms with E-state index in [0.717, 1.165) is 0 Å². The molecule has 1 fully saturated rings. The van der Waals surface area contributed by atoms with Crippen molar-refractivity contribution in [3.8, 4) is 5.69 Å². The van der Waals surface area contributed by atoms with Gasteiger partial charge in [0.25, 0.3) is 11.5 Å². The number of carbonyl (C=O) groups excluding carboxylic acids is 1. The minimum atomic E-state index is -1.21. The first-order valence-electron chi connectivity index (χ1n) is 11.3. The second-order valence-electron chi connectivity index (χ2n) is 8.85. The van der Waals surface area contributed by atoms with Crippen molar-refractivity contribution in [1.29, 1.82) is 0 Å². The molecule has 0 unspecified atom stereocenters. The van der Waals surface area contributed by atoms with Gasteiger partial charge in [0.1, 0.15) is 17.5 Å². The van der Waals surface area contributed by atoms with Gasteiger partial charge in [-0.3, -0.25) is 14.2 Å². The number of nitrogens with zero attached hydrogens (tertiary/aromatic N) is 5. The van der Waals surface area contributed by atoms with Crippen molar-refractivity contribution in [1.82, 2.24) is 24.2 Å². The number of rotatable bonds is 5. The van der Waals surface area contributed by atoms with Gasteiger partial charge in [-0.05, 0) is 61.4 Å². The quantitative estimate of drug-likeness (QED) is 0.437.